The van der Waals surface area contributed by atoms with Gasteiger partial charge >= 0.3 is 6.18 Å². The van der Waals surface area contributed by atoms with Crippen molar-refractivity contribution in [2.45, 2.75) is 38.9 Å². The fraction of sp³-hybridized carbons (Fsp3) is 0.435. The maximum atomic E-state index is 13.2. The zero-order chi connectivity index (χ0) is 24.8. The van der Waals surface area contributed by atoms with Crippen LogP contribution in [0.4, 0.5) is 13.2 Å². The van der Waals surface area contributed by atoms with Crippen molar-refractivity contribution in [3.8, 4) is 11.1 Å². The minimum Gasteiger partial charge on any atom is -0.349 e. The molecular formula is C23H29ClF3N2O3P. The lowest BCUT2D eigenvalue weighted by Crippen LogP contribution is -2.43. The van der Waals surface area contributed by atoms with E-state index >= 15 is 0 Å². The second kappa shape index (κ2) is 11.5. The number of benzene rings is 2. The Morgan fingerprint density at radius 1 is 1.12 bits per heavy atom. The van der Waals surface area contributed by atoms with Crippen molar-refractivity contribution in [3.05, 3.63) is 58.6 Å². The molecule has 1 fully saturated rings. The van der Waals surface area contributed by atoms with Crippen LogP contribution in [0.2, 0.25) is 5.02 Å². The predicted molar refractivity (Wildman–Crippen MR) is 126 cm³/mol. The highest BCUT2D eigenvalue weighted by Gasteiger charge is 2.33. The molecule has 1 saturated heterocycles. The average Bonchev–Trinajstić information content (AvgIpc) is 2.80. The van der Waals surface area contributed by atoms with Gasteiger partial charge in [-0.25, -0.2) is 4.67 Å². The monoisotopic (exact) mass is 504 g/mol. The number of hydrogen-bond acceptors (Lipinski definition) is 3. The van der Waals surface area contributed by atoms with Gasteiger partial charge in [-0.1, -0.05) is 43.6 Å². The first-order valence-electron chi connectivity index (χ1n) is 10.7. The molecule has 1 N–H and O–H groups in total. The van der Waals surface area contributed by atoms with Crippen molar-refractivity contribution < 1.29 is 27.1 Å². The maximum Gasteiger partial charge on any atom is 0.417 e. The van der Waals surface area contributed by atoms with Gasteiger partial charge in [-0.2, -0.15) is 13.2 Å². The van der Waals surface area contributed by atoms with Crippen LogP contribution in [0.3, 0.4) is 0 Å². The number of alkyl halides is 3. The maximum absolute atomic E-state index is 13.2. The van der Waals surface area contributed by atoms with Crippen LogP contribution in [0.5, 0.6) is 0 Å². The molecule has 1 heterocycles. The van der Waals surface area contributed by atoms with Gasteiger partial charge in [0, 0.05) is 38.5 Å². The number of rotatable bonds is 5. The van der Waals surface area contributed by atoms with Gasteiger partial charge in [0.15, 0.2) is 0 Å². The summed E-state index contributed by atoms with van der Waals surface area (Å²) < 4.78 is 58.6. The molecule has 1 unspecified atom stereocenters. The van der Waals surface area contributed by atoms with Gasteiger partial charge in [0.2, 0.25) is 0 Å². The Bertz CT molecular complexity index is 1010. The third kappa shape index (κ3) is 7.06. The van der Waals surface area contributed by atoms with Crippen LogP contribution < -0.4 is 5.32 Å². The van der Waals surface area contributed by atoms with E-state index in [9.17, 15) is 22.5 Å². The van der Waals surface area contributed by atoms with Gasteiger partial charge in [-0.05, 0) is 48.2 Å². The number of nitrogens with one attached hydrogen (secondary N) is 1. The molecule has 0 spiro atoms. The molecule has 0 aliphatic carbocycles. The Hall–Kier alpha value is -1.86. The molecule has 5 nitrogen and oxygen atoms in total. The largest absolute Gasteiger partial charge is 0.417 e. The number of hydrogen-bond donors (Lipinski definition) is 1. The van der Waals surface area contributed by atoms with Crippen LogP contribution in [-0.2, 0) is 15.3 Å². The fourth-order valence-electron chi connectivity index (χ4n) is 3.52. The topological polar surface area (TPSA) is 58.6 Å². The van der Waals surface area contributed by atoms with E-state index in [4.69, 9.17) is 16.1 Å². The van der Waals surface area contributed by atoms with Gasteiger partial charge in [-0.15, -0.1) is 0 Å². The molecule has 0 saturated carbocycles. The Kier molecular flexibility index (Phi) is 9.56. The molecule has 33 heavy (non-hydrogen) atoms. The van der Waals surface area contributed by atoms with E-state index in [1.807, 2.05) is 13.8 Å². The van der Waals surface area contributed by atoms with E-state index < -0.39 is 19.3 Å². The van der Waals surface area contributed by atoms with Crippen molar-refractivity contribution in [3.63, 3.8) is 0 Å². The van der Waals surface area contributed by atoms with E-state index in [0.717, 1.165) is 6.07 Å². The highest BCUT2D eigenvalue weighted by Crippen LogP contribution is 2.47. The van der Waals surface area contributed by atoms with E-state index in [1.54, 1.807) is 35.6 Å². The number of piperidine rings is 1. The summed E-state index contributed by atoms with van der Waals surface area (Å²) in [7, 11) is -1.38. The van der Waals surface area contributed by atoms with Gasteiger partial charge in [-0.3, -0.25) is 9.36 Å². The van der Waals surface area contributed by atoms with Crippen molar-refractivity contribution in [1.82, 2.24) is 9.99 Å². The number of carbonyl (C=O) groups is 1. The van der Waals surface area contributed by atoms with Crippen LogP contribution in [0.15, 0.2) is 42.5 Å². The van der Waals surface area contributed by atoms with Crippen LogP contribution in [0.1, 0.15) is 42.6 Å². The number of halogens is 4. The smallest absolute Gasteiger partial charge is 0.349 e. The minimum absolute atomic E-state index is 0.0865. The van der Waals surface area contributed by atoms with E-state index in [0.29, 0.717) is 42.6 Å². The second-order valence-corrected chi connectivity index (χ2v) is 10.4. The summed E-state index contributed by atoms with van der Waals surface area (Å²) in [5.41, 5.74) is 0.230. The molecule has 1 aliphatic rings. The van der Waals surface area contributed by atoms with Crippen LogP contribution >= 0.6 is 19.1 Å². The van der Waals surface area contributed by atoms with E-state index in [-0.39, 0.29) is 17.0 Å². The van der Waals surface area contributed by atoms with Gasteiger partial charge < -0.3 is 9.84 Å². The third-order valence-electron chi connectivity index (χ3n) is 5.39. The van der Waals surface area contributed by atoms with Gasteiger partial charge in [0.1, 0.15) is 0 Å². The molecular weight excluding hydrogens is 476 g/mol. The standard InChI is InChI=1S/C21H23ClF3N2O3P.C2H6/c1-30-31(2,29)27-10-8-17(9-11-27)26-20(28)16-5-3-4-14(12-16)15-6-7-19(22)18(13-15)21(23,24)25;1-2/h3-7,12-13,17H,8-11H2,1-2H3,(H,26,28);1-2H3. The Morgan fingerprint density at radius 3 is 2.30 bits per heavy atom. The third-order valence-corrected chi connectivity index (χ3v) is 7.82. The first-order chi connectivity index (χ1) is 15.5. The van der Waals surface area contributed by atoms with Gasteiger partial charge in [0.05, 0.1) is 10.6 Å². The van der Waals surface area contributed by atoms with Crippen LogP contribution in [0.25, 0.3) is 11.1 Å². The molecule has 2 aromatic rings. The van der Waals surface area contributed by atoms with E-state index in [1.165, 1.54) is 19.2 Å². The predicted octanol–water partition coefficient (Wildman–Crippen LogP) is 6.72. The zero-order valence-corrected chi connectivity index (χ0v) is 20.7. The first kappa shape index (κ1) is 27.4. The van der Waals surface area contributed by atoms with Crippen molar-refractivity contribution >= 4 is 25.0 Å². The number of carbonyl (C=O) groups excluding carboxylic acids is 1. The highest BCUT2D eigenvalue weighted by molar-refractivity contribution is 7.55. The van der Waals surface area contributed by atoms with E-state index in [2.05, 4.69) is 5.32 Å². The summed E-state index contributed by atoms with van der Waals surface area (Å²) in [4.78, 5) is 12.7. The summed E-state index contributed by atoms with van der Waals surface area (Å²) in [6.45, 7) is 6.65. The molecule has 1 aliphatic heterocycles. The summed E-state index contributed by atoms with van der Waals surface area (Å²) in [5, 5.41) is 2.58. The van der Waals surface area contributed by atoms with Crippen LogP contribution in [-0.4, -0.2) is 43.5 Å². The SMILES string of the molecule is CC.COP(C)(=O)N1CCC(NC(=O)c2cccc(-c3ccc(Cl)c(C(F)(F)F)c3)c2)CC1. The summed E-state index contributed by atoms with van der Waals surface area (Å²) in [5.74, 6) is -0.309. The molecule has 3 rings (SSSR count). The molecule has 1 atom stereocenters. The number of amides is 1. The molecule has 182 valence electrons. The Balaban J connectivity index is 0.00000187. The van der Waals surface area contributed by atoms with Crippen molar-refractivity contribution in [2.75, 3.05) is 26.9 Å². The fourth-order valence-corrected chi connectivity index (χ4v) is 4.93. The molecule has 0 aromatic heterocycles. The summed E-state index contributed by atoms with van der Waals surface area (Å²) in [6, 6.07) is 10.0. The van der Waals surface area contributed by atoms with Crippen LogP contribution in [0, 0.1) is 0 Å². The minimum atomic E-state index is -4.57. The lowest BCUT2D eigenvalue weighted by molar-refractivity contribution is -0.137. The summed E-state index contributed by atoms with van der Waals surface area (Å²) in [6.07, 6.45) is -3.32. The molecule has 1 amide bonds. The molecule has 0 bridgehead atoms. The normalized spacial score (nSPS) is 17.0. The summed E-state index contributed by atoms with van der Waals surface area (Å²) >= 11 is 5.69. The molecule has 0 radical (unpaired) electrons. The lowest BCUT2D eigenvalue weighted by Gasteiger charge is -2.34. The Labute approximate surface area is 197 Å². The Morgan fingerprint density at radius 2 is 1.73 bits per heavy atom. The molecule has 2 aromatic carbocycles. The molecule has 10 heteroatoms. The van der Waals surface area contributed by atoms with Crippen molar-refractivity contribution in [2.24, 2.45) is 0 Å². The first-order valence-corrected chi connectivity index (χ1v) is 13.1. The highest BCUT2D eigenvalue weighted by atomic mass is 35.5. The quantitative estimate of drug-likeness (QED) is 0.459. The van der Waals surface area contributed by atoms with Crippen molar-refractivity contribution in [1.29, 1.82) is 0 Å². The zero-order valence-electron chi connectivity index (χ0n) is 19.1. The van der Waals surface area contributed by atoms with Gasteiger partial charge in [0.25, 0.3) is 13.4 Å². The lowest BCUT2D eigenvalue weighted by atomic mass is 10.00. The number of nitrogens with zero attached hydrogens (tertiary/aromatic N) is 1. The average molecular weight is 505 g/mol. The second-order valence-electron chi connectivity index (χ2n) is 7.46.